The van der Waals surface area contributed by atoms with Crippen molar-refractivity contribution in [2.24, 2.45) is 0 Å². The lowest BCUT2D eigenvalue weighted by Gasteiger charge is -2.35. The summed E-state index contributed by atoms with van der Waals surface area (Å²) in [5, 5.41) is 0. The monoisotopic (exact) mass is 321 g/mol. The maximum atomic E-state index is 12.6. The van der Waals surface area contributed by atoms with Crippen LogP contribution in [0.25, 0.3) is 0 Å². The Kier molecular flexibility index (Phi) is 6.22. The Morgan fingerprint density at radius 2 is 1.78 bits per heavy atom. The molecule has 0 unspecified atom stereocenters. The Hall–Kier alpha value is -1.36. The quantitative estimate of drug-likeness (QED) is 0.702. The number of amides is 2. The first kappa shape index (κ1) is 18.0. The van der Waals surface area contributed by atoms with E-state index in [0.717, 1.165) is 44.3 Å². The first-order valence-corrected chi connectivity index (χ1v) is 8.87. The smallest absolute Gasteiger partial charge is 0.237 e. The molecule has 0 aromatic heterocycles. The largest absolute Gasteiger partial charge is 0.338 e. The number of likely N-dealkylation sites (tertiary alicyclic amines) is 2. The highest BCUT2D eigenvalue weighted by molar-refractivity contribution is 5.78. The van der Waals surface area contributed by atoms with Gasteiger partial charge >= 0.3 is 0 Å². The number of carbonyl (C=O) groups is 2. The maximum Gasteiger partial charge on any atom is 0.237 e. The van der Waals surface area contributed by atoms with Gasteiger partial charge < -0.3 is 9.80 Å². The van der Waals surface area contributed by atoms with Crippen molar-refractivity contribution in [3.05, 3.63) is 12.2 Å². The van der Waals surface area contributed by atoms with Gasteiger partial charge in [-0.1, -0.05) is 12.2 Å². The summed E-state index contributed by atoms with van der Waals surface area (Å²) in [6.45, 7) is 13.2. The molecule has 5 nitrogen and oxygen atoms in total. The van der Waals surface area contributed by atoms with Crippen LogP contribution in [0, 0.1) is 0 Å². The van der Waals surface area contributed by atoms with Gasteiger partial charge in [-0.05, 0) is 46.1 Å². The number of rotatable bonds is 6. The fourth-order valence-corrected chi connectivity index (χ4v) is 4.04. The van der Waals surface area contributed by atoms with Gasteiger partial charge in [-0.2, -0.15) is 0 Å². The van der Waals surface area contributed by atoms with Crippen molar-refractivity contribution >= 4 is 11.8 Å². The summed E-state index contributed by atoms with van der Waals surface area (Å²) in [5.74, 6) is 0.345. The fourth-order valence-electron chi connectivity index (χ4n) is 4.04. The number of likely N-dealkylation sites (N-methyl/N-ethyl adjacent to an activating group) is 1. The minimum Gasteiger partial charge on any atom is -0.338 e. The maximum absolute atomic E-state index is 12.6. The Labute approximate surface area is 140 Å². The predicted molar refractivity (Wildman–Crippen MR) is 92.1 cm³/mol. The molecular formula is C18H31N3O2. The predicted octanol–water partition coefficient (Wildman–Crippen LogP) is 1.89. The van der Waals surface area contributed by atoms with Crippen LogP contribution in [0.5, 0.6) is 0 Å². The summed E-state index contributed by atoms with van der Waals surface area (Å²) in [7, 11) is 0. The number of hydrogen-bond acceptors (Lipinski definition) is 3. The van der Waals surface area contributed by atoms with Crippen molar-refractivity contribution in [2.75, 3.05) is 32.7 Å². The van der Waals surface area contributed by atoms with Gasteiger partial charge in [0.25, 0.3) is 0 Å². The number of nitrogens with zero attached hydrogens (tertiary/aromatic N) is 3. The Morgan fingerprint density at radius 1 is 1.13 bits per heavy atom. The van der Waals surface area contributed by atoms with E-state index in [2.05, 4.69) is 11.5 Å². The molecule has 23 heavy (non-hydrogen) atoms. The van der Waals surface area contributed by atoms with Crippen molar-refractivity contribution in [3.63, 3.8) is 0 Å². The summed E-state index contributed by atoms with van der Waals surface area (Å²) in [6.07, 6.45) is 4.36. The number of carbonyl (C=O) groups excluding carboxylic acids is 2. The van der Waals surface area contributed by atoms with Gasteiger partial charge in [0.15, 0.2) is 0 Å². The van der Waals surface area contributed by atoms with Crippen LogP contribution in [0.2, 0.25) is 0 Å². The molecule has 2 amide bonds. The molecule has 2 saturated heterocycles. The SMILES string of the molecule is C=C(C)CN(CC)C(=O)CN1CCC[C@@H]1[C@@H]1CCCN1C(C)=O. The third kappa shape index (κ3) is 4.34. The average molecular weight is 321 g/mol. The van der Waals surface area contributed by atoms with E-state index >= 15 is 0 Å². The lowest BCUT2D eigenvalue weighted by atomic mass is 10.0. The molecule has 0 spiro atoms. The fraction of sp³-hybridized carbons (Fsp3) is 0.778. The molecule has 2 aliphatic heterocycles. The summed E-state index contributed by atoms with van der Waals surface area (Å²) in [6, 6.07) is 0.632. The summed E-state index contributed by atoms with van der Waals surface area (Å²) < 4.78 is 0. The van der Waals surface area contributed by atoms with Crippen molar-refractivity contribution < 1.29 is 9.59 Å². The highest BCUT2D eigenvalue weighted by Gasteiger charge is 2.39. The van der Waals surface area contributed by atoms with E-state index in [0.29, 0.717) is 31.7 Å². The molecule has 0 saturated carbocycles. The second-order valence-corrected chi connectivity index (χ2v) is 6.97. The standard InChI is InChI=1S/C18H31N3O2/c1-5-19(12-14(2)3)18(23)13-20-10-6-8-16(20)17-9-7-11-21(17)15(4)22/h16-17H,2,5-13H2,1,3-4H3/t16-,17+/m1/s1. The molecule has 2 fully saturated rings. The van der Waals surface area contributed by atoms with E-state index in [1.165, 1.54) is 0 Å². The van der Waals surface area contributed by atoms with Gasteiger partial charge in [-0.15, -0.1) is 0 Å². The lowest BCUT2D eigenvalue weighted by Crippen LogP contribution is -2.50. The second-order valence-electron chi connectivity index (χ2n) is 6.97. The molecule has 2 aliphatic rings. The van der Waals surface area contributed by atoms with Crippen LogP contribution in [0.1, 0.15) is 46.5 Å². The first-order valence-electron chi connectivity index (χ1n) is 8.87. The molecule has 0 aromatic carbocycles. The summed E-state index contributed by atoms with van der Waals surface area (Å²) in [5.41, 5.74) is 1.01. The molecule has 0 aromatic rings. The van der Waals surface area contributed by atoms with Gasteiger partial charge in [-0.3, -0.25) is 14.5 Å². The van der Waals surface area contributed by atoms with E-state index in [9.17, 15) is 9.59 Å². The van der Waals surface area contributed by atoms with E-state index in [-0.39, 0.29) is 11.8 Å². The van der Waals surface area contributed by atoms with Crippen LogP contribution in [-0.4, -0.2) is 71.3 Å². The summed E-state index contributed by atoms with van der Waals surface area (Å²) >= 11 is 0. The second kappa shape index (κ2) is 7.95. The zero-order valence-corrected chi connectivity index (χ0v) is 14.9. The minimum absolute atomic E-state index is 0.170. The van der Waals surface area contributed by atoms with Crippen LogP contribution in [0.4, 0.5) is 0 Å². The highest BCUT2D eigenvalue weighted by Crippen LogP contribution is 2.30. The van der Waals surface area contributed by atoms with E-state index in [1.807, 2.05) is 23.6 Å². The van der Waals surface area contributed by atoms with Crippen LogP contribution in [0.3, 0.4) is 0 Å². The normalized spacial score (nSPS) is 24.9. The zero-order valence-electron chi connectivity index (χ0n) is 14.9. The Balaban J connectivity index is 2.00. The molecule has 2 heterocycles. The van der Waals surface area contributed by atoms with Crippen LogP contribution in [0.15, 0.2) is 12.2 Å². The van der Waals surface area contributed by atoms with E-state index < -0.39 is 0 Å². The highest BCUT2D eigenvalue weighted by atomic mass is 16.2. The third-order valence-corrected chi connectivity index (χ3v) is 5.10. The molecule has 0 N–H and O–H groups in total. The van der Waals surface area contributed by atoms with Gasteiger partial charge in [-0.25, -0.2) is 0 Å². The van der Waals surface area contributed by atoms with E-state index in [1.54, 1.807) is 6.92 Å². The van der Waals surface area contributed by atoms with Crippen LogP contribution < -0.4 is 0 Å². The molecule has 2 rings (SSSR count). The molecule has 5 heteroatoms. The van der Waals surface area contributed by atoms with Crippen LogP contribution >= 0.6 is 0 Å². The van der Waals surface area contributed by atoms with Gasteiger partial charge in [0.1, 0.15) is 0 Å². The number of hydrogen-bond donors (Lipinski definition) is 0. The summed E-state index contributed by atoms with van der Waals surface area (Å²) in [4.78, 5) is 30.6. The minimum atomic E-state index is 0.170. The Morgan fingerprint density at radius 3 is 2.39 bits per heavy atom. The van der Waals surface area contributed by atoms with E-state index in [4.69, 9.17) is 0 Å². The molecule has 130 valence electrons. The molecule has 0 radical (unpaired) electrons. The first-order chi connectivity index (χ1) is 10.9. The van der Waals surface area contributed by atoms with Crippen LogP contribution in [-0.2, 0) is 9.59 Å². The molecule has 0 bridgehead atoms. The molecule has 2 atom stereocenters. The lowest BCUT2D eigenvalue weighted by molar-refractivity contribution is -0.133. The van der Waals surface area contributed by atoms with Crippen molar-refractivity contribution in [2.45, 2.75) is 58.5 Å². The molecule has 0 aliphatic carbocycles. The van der Waals surface area contributed by atoms with Crippen molar-refractivity contribution in [1.29, 1.82) is 0 Å². The van der Waals surface area contributed by atoms with Gasteiger partial charge in [0, 0.05) is 38.6 Å². The average Bonchev–Trinajstić information content (AvgIpc) is 3.12. The topological polar surface area (TPSA) is 43.9 Å². The van der Waals surface area contributed by atoms with Crippen molar-refractivity contribution in [3.8, 4) is 0 Å². The van der Waals surface area contributed by atoms with Gasteiger partial charge in [0.05, 0.1) is 6.54 Å². The third-order valence-electron chi connectivity index (χ3n) is 5.10. The van der Waals surface area contributed by atoms with Crippen molar-refractivity contribution in [1.82, 2.24) is 14.7 Å². The molecular weight excluding hydrogens is 290 g/mol. The van der Waals surface area contributed by atoms with Gasteiger partial charge in [0.2, 0.25) is 11.8 Å². The Bertz CT molecular complexity index is 463. The zero-order chi connectivity index (χ0) is 17.0.